The molecule has 2 aromatic carbocycles. The predicted octanol–water partition coefficient (Wildman–Crippen LogP) is 8.62. The zero-order valence-corrected chi connectivity index (χ0v) is 25.1. The molecule has 216 valence electrons. The molecule has 45 heavy (non-hydrogen) atoms. The topological polar surface area (TPSA) is 79.5 Å². The molecule has 0 spiro atoms. The number of hydrogen-bond donors (Lipinski definition) is 0. The molecule has 5 aliphatic rings. The molecule has 0 radical (unpaired) electrons. The maximum atomic E-state index is 10.0. The molecule has 0 saturated heterocycles. The Morgan fingerprint density at radius 3 is 2.62 bits per heavy atom. The normalized spacial score (nSPS) is 24.6. The van der Waals surface area contributed by atoms with Gasteiger partial charge in [-0.05, 0) is 67.0 Å². The number of nitrogens with zero attached hydrogens (tertiary/aromatic N) is 5. The number of benzene rings is 2. The first kappa shape index (κ1) is 27.0. The van der Waals surface area contributed by atoms with Crippen molar-refractivity contribution in [3.05, 3.63) is 130 Å². The quantitative estimate of drug-likeness (QED) is 0.310. The molecule has 0 saturated carbocycles. The third kappa shape index (κ3) is 4.11. The van der Waals surface area contributed by atoms with Gasteiger partial charge in [-0.3, -0.25) is 0 Å². The summed E-state index contributed by atoms with van der Waals surface area (Å²) in [6.45, 7) is 2.12. The number of hydrogen-bond acceptors (Lipinski definition) is 4. The number of rotatable bonds is 3. The van der Waals surface area contributed by atoms with Crippen LogP contribution in [0.25, 0.3) is 28.2 Å². The average Bonchev–Trinajstić information content (AvgIpc) is 3.59. The number of aromatic nitrogens is 1. The number of fused-ring (bicyclic) bond motifs is 5. The van der Waals surface area contributed by atoms with E-state index in [9.17, 15) is 15.8 Å². The summed E-state index contributed by atoms with van der Waals surface area (Å²) in [7, 11) is 0. The summed E-state index contributed by atoms with van der Waals surface area (Å²) < 4.78 is 2.43. The highest BCUT2D eigenvalue weighted by Gasteiger charge is 2.43. The van der Waals surface area contributed by atoms with Gasteiger partial charge in [0.1, 0.15) is 6.07 Å². The molecule has 8 rings (SSSR count). The minimum Gasteiger partial charge on any atom is -0.336 e. The van der Waals surface area contributed by atoms with E-state index in [-0.39, 0.29) is 23.8 Å². The summed E-state index contributed by atoms with van der Waals surface area (Å²) in [4.78, 5) is 2.35. The van der Waals surface area contributed by atoms with Crippen LogP contribution >= 0.6 is 0 Å². The Hall–Kier alpha value is -5.57. The SMILES string of the molecule is CC1CC2=C(C=C1C#N)C1C=C(c3cccc4c5c(n(C6=CCC(C#N)C=C6)c34)CCC=C5)C=CC1N2c1ccccc1C#N. The fourth-order valence-corrected chi connectivity index (χ4v) is 7.87. The van der Waals surface area contributed by atoms with Crippen LogP contribution in [0, 0.1) is 51.7 Å². The molecule has 5 nitrogen and oxygen atoms in total. The number of para-hydroxylation sites is 2. The van der Waals surface area contributed by atoms with E-state index in [2.05, 4.69) is 101 Å². The molecule has 0 amide bonds. The summed E-state index contributed by atoms with van der Waals surface area (Å²) >= 11 is 0. The monoisotopic (exact) mass is 581 g/mol. The van der Waals surface area contributed by atoms with Crippen LogP contribution in [0.1, 0.15) is 48.6 Å². The summed E-state index contributed by atoms with van der Waals surface area (Å²) in [6, 6.07) is 21.7. The van der Waals surface area contributed by atoms with Crippen LogP contribution in [0.2, 0.25) is 0 Å². The van der Waals surface area contributed by atoms with Gasteiger partial charge in [0.2, 0.25) is 0 Å². The van der Waals surface area contributed by atoms with E-state index in [1.165, 1.54) is 39.0 Å². The minimum atomic E-state index is -0.0878. The van der Waals surface area contributed by atoms with Crippen molar-refractivity contribution >= 4 is 33.9 Å². The lowest BCUT2D eigenvalue weighted by atomic mass is 9.81. The Morgan fingerprint density at radius 2 is 1.82 bits per heavy atom. The zero-order valence-electron chi connectivity index (χ0n) is 25.1. The van der Waals surface area contributed by atoms with Gasteiger partial charge < -0.3 is 9.47 Å². The van der Waals surface area contributed by atoms with Crippen LogP contribution in [-0.2, 0) is 6.42 Å². The van der Waals surface area contributed by atoms with E-state index in [4.69, 9.17) is 0 Å². The number of allylic oxidation sites excluding steroid dienone is 10. The van der Waals surface area contributed by atoms with Gasteiger partial charge in [-0.15, -0.1) is 0 Å². The van der Waals surface area contributed by atoms with Crippen molar-refractivity contribution in [3.8, 4) is 18.2 Å². The van der Waals surface area contributed by atoms with Crippen molar-refractivity contribution in [3.63, 3.8) is 0 Å². The Labute approximate surface area is 263 Å². The van der Waals surface area contributed by atoms with Gasteiger partial charge in [-0.25, -0.2) is 0 Å². The molecule has 0 bridgehead atoms. The molecule has 2 heterocycles. The first-order chi connectivity index (χ1) is 22.1. The first-order valence-electron chi connectivity index (χ1n) is 15.8. The zero-order chi connectivity index (χ0) is 30.7. The Kier molecular flexibility index (Phi) is 6.33. The maximum Gasteiger partial charge on any atom is 0.101 e. The summed E-state index contributed by atoms with van der Waals surface area (Å²) in [6.07, 6.45) is 23.4. The van der Waals surface area contributed by atoms with E-state index in [1.54, 1.807) is 0 Å². The van der Waals surface area contributed by atoms with Gasteiger partial charge in [0, 0.05) is 45.1 Å². The van der Waals surface area contributed by atoms with Gasteiger partial charge in [0.25, 0.3) is 0 Å². The van der Waals surface area contributed by atoms with Crippen molar-refractivity contribution in [1.82, 2.24) is 4.57 Å². The molecule has 4 atom stereocenters. The fourth-order valence-electron chi connectivity index (χ4n) is 7.87. The molecule has 4 aliphatic carbocycles. The van der Waals surface area contributed by atoms with Crippen molar-refractivity contribution in [2.75, 3.05) is 4.90 Å². The highest BCUT2D eigenvalue weighted by molar-refractivity contribution is 6.02. The van der Waals surface area contributed by atoms with E-state index in [0.717, 1.165) is 41.8 Å². The van der Waals surface area contributed by atoms with Crippen molar-refractivity contribution < 1.29 is 0 Å². The van der Waals surface area contributed by atoms with Gasteiger partial charge in [-0.1, -0.05) is 79.8 Å². The molecule has 1 aliphatic heterocycles. The van der Waals surface area contributed by atoms with Crippen molar-refractivity contribution in [2.45, 2.75) is 38.6 Å². The van der Waals surface area contributed by atoms with E-state index < -0.39 is 0 Å². The lowest BCUT2D eigenvalue weighted by Crippen LogP contribution is -2.34. The van der Waals surface area contributed by atoms with Crippen LogP contribution < -0.4 is 4.90 Å². The molecule has 5 heteroatoms. The summed E-state index contributed by atoms with van der Waals surface area (Å²) in [5.41, 5.74) is 12.0. The van der Waals surface area contributed by atoms with Gasteiger partial charge in [0.05, 0.1) is 40.9 Å². The van der Waals surface area contributed by atoms with E-state index >= 15 is 0 Å². The van der Waals surface area contributed by atoms with Crippen molar-refractivity contribution in [2.24, 2.45) is 17.8 Å². The maximum absolute atomic E-state index is 10.0. The molecule has 4 unspecified atom stereocenters. The second kappa shape index (κ2) is 10.6. The lowest BCUT2D eigenvalue weighted by molar-refractivity contribution is 0.653. The summed E-state index contributed by atoms with van der Waals surface area (Å²) in [5.74, 6) is 0.0723. The molecule has 0 fully saturated rings. The second-order valence-electron chi connectivity index (χ2n) is 12.5. The van der Waals surface area contributed by atoms with E-state index in [1.807, 2.05) is 30.3 Å². The standard InChI is InChI=1S/C40H31N5/c1-25-19-39-35(21-29(25)24-43)34-20-27(15-18-38(34)45(39)36-11-4-2-7-28(36)23-42)31-9-6-10-33-32-8-3-5-12-37(32)44(40(31)33)30-16-13-26(22-41)14-17-30/h2-4,6-11,13,15-18,20-21,25-26,34,38H,5,12,14,19H2,1H3. The highest BCUT2D eigenvalue weighted by Crippen LogP contribution is 2.50. The first-order valence-corrected chi connectivity index (χ1v) is 15.8. The van der Waals surface area contributed by atoms with Crippen LogP contribution in [0.4, 0.5) is 5.69 Å². The van der Waals surface area contributed by atoms with Crippen LogP contribution in [0.5, 0.6) is 0 Å². The number of nitriles is 3. The molecule has 0 N–H and O–H groups in total. The predicted molar refractivity (Wildman–Crippen MR) is 179 cm³/mol. The Bertz CT molecular complexity index is 2140. The van der Waals surface area contributed by atoms with Crippen molar-refractivity contribution in [1.29, 1.82) is 15.8 Å². The largest absolute Gasteiger partial charge is 0.336 e. The summed E-state index contributed by atoms with van der Waals surface area (Å²) in [5, 5.41) is 30.8. The van der Waals surface area contributed by atoms with Crippen LogP contribution in [0.15, 0.2) is 108 Å². The molecular formula is C40H31N5. The molecule has 3 aromatic rings. The minimum absolute atomic E-state index is 0.0174. The van der Waals surface area contributed by atoms with Crippen LogP contribution in [-0.4, -0.2) is 10.6 Å². The third-order valence-electron chi connectivity index (χ3n) is 10.0. The van der Waals surface area contributed by atoms with Gasteiger partial charge in [-0.2, -0.15) is 15.8 Å². The smallest absolute Gasteiger partial charge is 0.101 e. The Morgan fingerprint density at radius 1 is 0.933 bits per heavy atom. The van der Waals surface area contributed by atoms with Gasteiger partial charge in [0.15, 0.2) is 0 Å². The van der Waals surface area contributed by atoms with Gasteiger partial charge >= 0.3 is 0 Å². The lowest BCUT2D eigenvalue weighted by Gasteiger charge is -2.33. The average molecular weight is 582 g/mol. The van der Waals surface area contributed by atoms with E-state index in [0.29, 0.717) is 12.0 Å². The van der Waals surface area contributed by atoms with Crippen LogP contribution in [0.3, 0.4) is 0 Å². The molecular weight excluding hydrogens is 550 g/mol. The highest BCUT2D eigenvalue weighted by atomic mass is 15.2. The Balaban J connectivity index is 1.31. The second-order valence-corrected chi connectivity index (χ2v) is 12.5. The number of anilines is 1. The molecule has 1 aromatic heterocycles. The fraction of sp³-hybridized carbons (Fsp3) is 0.225. The third-order valence-corrected chi connectivity index (χ3v) is 10.0.